The van der Waals surface area contributed by atoms with Gasteiger partial charge in [-0.15, -0.1) is 0 Å². The summed E-state index contributed by atoms with van der Waals surface area (Å²) < 4.78 is 12.9. The van der Waals surface area contributed by atoms with Gasteiger partial charge in [-0.3, -0.25) is 0 Å². The number of halogens is 1. The highest BCUT2D eigenvalue weighted by Crippen LogP contribution is 2.12. The summed E-state index contributed by atoms with van der Waals surface area (Å²) in [5.74, 6) is 0. The van der Waals surface area contributed by atoms with Gasteiger partial charge in [-0.05, 0) is 36.2 Å². The lowest BCUT2D eigenvalue weighted by molar-refractivity contribution is -0.0740. The molecule has 0 bridgehead atoms. The third-order valence-corrected chi connectivity index (χ3v) is 6.28. The second-order valence-corrected chi connectivity index (χ2v) is 14.2. The van der Waals surface area contributed by atoms with E-state index in [-0.39, 0.29) is 6.10 Å². The third kappa shape index (κ3) is 18.8. The van der Waals surface area contributed by atoms with Crippen LogP contribution in [0, 0.1) is 0 Å². The number of ether oxygens (including phenoxy) is 2. The maximum absolute atomic E-state index is 5.95. The highest BCUT2D eigenvalue weighted by atomic mass is 127. The summed E-state index contributed by atoms with van der Waals surface area (Å²) in [7, 11) is -0.994. The van der Waals surface area contributed by atoms with Crippen LogP contribution in [-0.4, -0.2) is 32.0 Å². The van der Waals surface area contributed by atoms with Crippen molar-refractivity contribution in [3.63, 3.8) is 0 Å². The first-order valence-electron chi connectivity index (χ1n) is 9.41. The Bertz CT molecular complexity index is 277. The lowest BCUT2D eigenvalue weighted by Crippen LogP contribution is -2.22. The number of alkyl halides is 1. The van der Waals surface area contributed by atoms with E-state index in [9.17, 15) is 0 Å². The Morgan fingerprint density at radius 1 is 1.04 bits per heavy atom. The summed E-state index contributed by atoms with van der Waals surface area (Å²) in [4.78, 5) is 0. The Hall–Kier alpha value is 0.607. The Kier molecular flexibility index (Phi) is 16.5. The fourth-order valence-electron chi connectivity index (χ4n) is 2.18. The zero-order valence-electron chi connectivity index (χ0n) is 15.9. The lowest BCUT2D eigenvalue weighted by Gasteiger charge is -2.17. The molecule has 0 saturated heterocycles. The normalized spacial score (nSPS) is 13.8. The van der Waals surface area contributed by atoms with Gasteiger partial charge in [-0.1, -0.05) is 87.0 Å². The van der Waals surface area contributed by atoms with Gasteiger partial charge in [0.05, 0.1) is 6.10 Å². The van der Waals surface area contributed by atoms with Gasteiger partial charge in [0, 0.05) is 14.7 Å². The molecule has 0 N–H and O–H groups in total. The zero-order chi connectivity index (χ0) is 17.4. The summed E-state index contributed by atoms with van der Waals surface area (Å²) in [6, 6.07) is 1.21. The van der Waals surface area contributed by atoms with E-state index in [0.717, 1.165) is 13.0 Å². The molecule has 0 saturated carbocycles. The molecule has 0 rings (SSSR count). The maximum atomic E-state index is 5.95. The molecule has 0 unspecified atom stereocenters. The van der Waals surface area contributed by atoms with Crippen LogP contribution in [0.3, 0.4) is 0 Å². The summed E-state index contributed by atoms with van der Waals surface area (Å²) >= 11 is 2.45. The maximum Gasteiger partial charge on any atom is 0.147 e. The van der Waals surface area contributed by atoms with Crippen LogP contribution in [0.25, 0.3) is 0 Å². The molecule has 0 aromatic carbocycles. The van der Waals surface area contributed by atoms with Crippen LogP contribution in [-0.2, 0) is 9.47 Å². The van der Waals surface area contributed by atoms with Gasteiger partial charge in [-0.2, -0.15) is 0 Å². The molecular formula is C19H39IO2Si. The van der Waals surface area contributed by atoms with Crippen LogP contribution < -0.4 is 0 Å². The van der Waals surface area contributed by atoms with Gasteiger partial charge in [0.25, 0.3) is 0 Å². The molecule has 0 aliphatic carbocycles. The summed E-state index contributed by atoms with van der Waals surface area (Å²) in [6.45, 7) is 10.7. The average molecular weight is 455 g/mol. The Morgan fingerprint density at radius 2 is 1.83 bits per heavy atom. The molecule has 1 atom stereocenters. The quantitative estimate of drug-likeness (QED) is 0.0637. The van der Waals surface area contributed by atoms with E-state index in [1.807, 2.05) is 0 Å². The first-order chi connectivity index (χ1) is 11.0. The number of rotatable bonds is 16. The van der Waals surface area contributed by atoms with Gasteiger partial charge in [0.15, 0.2) is 0 Å². The number of hydrogen-bond donors (Lipinski definition) is 0. The third-order valence-electron chi connectivity index (χ3n) is 3.81. The van der Waals surface area contributed by atoms with Crippen molar-refractivity contribution in [3.05, 3.63) is 12.2 Å². The molecule has 0 aromatic rings. The van der Waals surface area contributed by atoms with E-state index in [2.05, 4.69) is 61.3 Å². The van der Waals surface area contributed by atoms with Gasteiger partial charge in [0.1, 0.15) is 6.79 Å². The van der Waals surface area contributed by atoms with Gasteiger partial charge in [-0.25, -0.2) is 0 Å². The fourth-order valence-corrected chi connectivity index (χ4v) is 3.48. The average Bonchev–Trinajstić information content (AvgIpc) is 2.49. The summed E-state index contributed by atoms with van der Waals surface area (Å²) in [5.41, 5.74) is 0. The molecule has 0 fully saturated rings. The van der Waals surface area contributed by atoms with E-state index in [1.165, 1.54) is 55.4 Å². The minimum atomic E-state index is -0.994. The number of hydrogen-bond acceptors (Lipinski definition) is 2. The Labute approximate surface area is 159 Å². The Morgan fingerprint density at radius 3 is 2.48 bits per heavy atom. The SMILES string of the molecule is CCCCCC[C@H](/C=C/CCCCI)OCOCC[Si](C)(C)C. The van der Waals surface area contributed by atoms with Gasteiger partial charge >= 0.3 is 0 Å². The minimum absolute atomic E-state index is 0.235. The first-order valence-corrected chi connectivity index (χ1v) is 14.6. The van der Waals surface area contributed by atoms with Crippen LogP contribution in [0.2, 0.25) is 25.7 Å². The first kappa shape index (κ1) is 23.6. The van der Waals surface area contributed by atoms with Gasteiger partial charge < -0.3 is 9.47 Å². The Balaban J connectivity index is 3.95. The van der Waals surface area contributed by atoms with Crippen molar-refractivity contribution in [3.8, 4) is 0 Å². The van der Waals surface area contributed by atoms with Crippen molar-refractivity contribution < 1.29 is 9.47 Å². The fraction of sp³-hybridized carbons (Fsp3) is 0.895. The standard InChI is InChI=1S/C19H39IO2Si/c1-5-6-7-10-13-19(14-11-8-9-12-15-20)22-18-21-16-17-23(2,3)4/h11,14,19H,5-10,12-13,15-18H2,1-4H3/b14-11+/t19-/m1/s1. The molecule has 23 heavy (non-hydrogen) atoms. The lowest BCUT2D eigenvalue weighted by atomic mass is 10.1. The van der Waals surface area contributed by atoms with E-state index in [0.29, 0.717) is 6.79 Å². The molecule has 0 radical (unpaired) electrons. The topological polar surface area (TPSA) is 18.5 Å². The minimum Gasteiger partial charge on any atom is -0.356 e. The van der Waals surface area contributed by atoms with Crippen LogP contribution in [0.15, 0.2) is 12.2 Å². The molecular weight excluding hydrogens is 415 g/mol. The molecule has 0 heterocycles. The summed E-state index contributed by atoms with van der Waals surface area (Å²) in [5, 5.41) is 0. The number of unbranched alkanes of at least 4 members (excludes halogenated alkanes) is 5. The molecule has 0 aliphatic heterocycles. The van der Waals surface area contributed by atoms with Crippen LogP contribution in [0.5, 0.6) is 0 Å². The predicted molar refractivity (Wildman–Crippen MR) is 114 cm³/mol. The van der Waals surface area contributed by atoms with Crippen molar-refractivity contribution in [1.29, 1.82) is 0 Å². The molecule has 2 nitrogen and oxygen atoms in total. The van der Waals surface area contributed by atoms with E-state index >= 15 is 0 Å². The molecule has 0 aromatic heterocycles. The van der Waals surface area contributed by atoms with Crippen molar-refractivity contribution in [1.82, 2.24) is 0 Å². The molecule has 0 aliphatic rings. The zero-order valence-corrected chi connectivity index (χ0v) is 19.1. The summed E-state index contributed by atoms with van der Waals surface area (Å²) in [6.07, 6.45) is 14.9. The molecule has 4 heteroatoms. The highest BCUT2D eigenvalue weighted by Gasteiger charge is 2.12. The largest absolute Gasteiger partial charge is 0.356 e. The van der Waals surface area contributed by atoms with Crippen LogP contribution in [0.4, 0.5) is 0 Å². The predicted octanol–water partition coefficient (Wildman–Crippen LogP) is 6.82. The van der Waals surface area contributed by atoms with Crippen molar-refractivity contribution in [2.75, 3.05) is 17.8 Å². The second-order valence-electron chi connectivity index (χ2n) is 7.50. The van der Waals surface area contributed by atoms with Crippen LogP contribution in [0.1, 0.15) is 58.3 Å². The van der Waals surface area contributed by atoms with E-state index in [4.69, 9.17) is 9.47 Å². The molecule has 0 spiro atoms. The van der Waals surface area contributed by atoms with E-state index < -0.39 is 8.07 Å². The van der Waals surface area contributed by atoms with Crippen molar-refractivity contribution >= 4 is 30.7 Å². The monoisotopic (exact) mass is 454 g/mol. The molecule has 138 valence electrons. The van der Waals surface area contributed by atoms with Crippen molar-refractivity contribution in [2.45, 2.75) is 90.1 Å². The highest BCUT2D eigenvalue weighted by molar-refractivity contribution is 14.1. The van der Waals surface area contributed by atoms with Crippen LogP contribution >= 0.6 is 22.6 Å². The van der Waals surface area contributed by atoms with Gasteiger partial charge in [0.2, 0.25) is 0 Å². The smallest absolute Gasteiger partial charge is 0.147 e. The molecule has 0 amide bonds. The second kappa shape index (κ2) is 16.1. The van der Waals surface area contributed by atoms with E-state index in [1.54, 1.807) is 0 Å². The number of allylic oxidation sites excluding steroid dienone is 1. The van der Waals surface area contributed by atoms with Crippen molar-refractivity contribution in [2.24, 2.45) is 0 Å².